The van der Waals surface area contributed by atoms with E-state index in [9.17, 15) is 9.59 Å². The lowest BCUT2D eigenvalue weighted by atomic mass is 9.91. The standard InChI is InChI=1S/C21H32N4O3/c1-28-21(10-12-22-13-11-21)20(27)24-18-8-6-17(7-9-18)23-19(26)16-25-14-4-2-3-5-15-25/h6-9,22H,2-5,10-16H2,1H3,(H,23,26)(H,24,27). The molecule has 1 aromatic rings. The molecule has 7 nitrogen and oxygen atoms in total. The Labute approximate surface area is 167 Å². The zero-order valence-electron chi connectivity index (χ0n) is 16.8. The molecule has 0 aliphatic carbocycles. The van der Waals surface area contributed by atoms with Gasteiger partial charge in [-0.3, -0.25) is 14.5 Å². The van der Waals surface area contributed by atoms with E-state index >= 15 is 0 Å². The molecule has 0 bridgehead atoms. The zero-order chi connectivity index (χ0) is 19.8. The summed E-state index contributed by atoms with van der Waals surface area (Å²) in [5, 5.41) is 9.14. The average molecular weight is 389 g/mol. The van der Waals surface area contributed by atoms with Gasteiger partial charge >= 0.3 is 0 Å². The van der Waals surface area contributed by atoms with Crippen molar-refractivity contribution in [2.45, 2.75) is 44.1 Å². The van der Waals surface area contributed by atoms with Crippen molar-refractivity contribution in [2.75, 3.05) is 50.5 Å². The number of hydrogen-bond donors (Lipinski definition) is 3. The second-order valence-corrected chi connectivity index (χ2v) is 7.72. The fourth-order valence-electron chi connectivity index (χ4n) is 3.93. The molecule has 3 rings (SSSR count). The van der Waals surface area contributed by atoms with Gasteiger partial charge in [0.2, 0.25) is 5.91 Å². The number of nitrogens with zero attached hydrogens (tertiary/aromatic N) is 1. The molecule has 0 atom stereocenters. The maximum absolute atomic E-state index is 12.7. The van der Waals surface area contributed by atoms with E-state index in [0.29, 0.717) is 25.1 Å². The van der Waals surface area contributed by atoms with Crippen LogP contribution < -0.4 is 16.0 Å². The number of nitrogens with one attached hydrogen (secondary N) is 3. The molecule has 2 heterocycles. The Morgan fingerprint density at radius 1 is 1.00 bits per heavy atom. The molecule has 2 aliphatic heterocycles. The Morgan fingerprint density at radius 2 is 1.57 bits per heavy atom. The van der Waals surface area contributed by atoms with E-state index in [0.717, 1.165) is 31.9 Å². The predicted octanol–water partition coefficient (Wildman–Crippen LogP) is 2.21. The summed E-state index contributed by atoms with van der Waals surface area (Å²) in [4.78, 5) is 27.2. The first-order valence-electron chi connectivity index (χ1n) is 10.3. The number of carbonyl (C=O) groups is 2. The van der Waals surface area contributed by atoms with Crippen LogP contribution >= 0.6 is 0 Å². The molecule has 0 spiro atoms. The summed E-state index contributed by atoms with van der Waals surface area (Å²) < 4.78 is 5.56. The molecule has 0 unspecified atom stereocenters. The summed E-state index contributed by atoms with van der Waals surface area (Å²) in [6, 6.07) is 7.25. The van der Waals surface area contributed by atoms with Crippen LogP contribution in [0.2, 0.25) is 0 Å². The Morgan fingerprint density at radius 3 is 2.14 bits per heavy atom. The predicted molar refractivity (Wildman–Crippen MR) is 110 cm³/mol. The summed E-state index contributed by atoms with van der Waals surface area (Å²) in [7, 11) is 1.59. The summed E-state index contributed by atoms with van der Waals surface area (Å²) in [5.41, 5.74) is 0.664. The van der Waals surface area contributed by atoms with Gasteiger partial charge in [0, 0.05) is 18.5 Å². The number of likely N-dealkylation sites (tertiary alicyclic amines) is 1. The van der Waals surface area contributed by atoms with Gasteiger partial charge in [0.15, 0.2) is 0 Å². The van der Waals surface area contributed by atoms with Crippen LogP contribution in [-0.4, -0.2) is 62.1 Å². The summed E-state index contributed by atoms with van der Waals surface area (Å²) in [5.74, 6) is -0.110. The van der Waals surface area contributed by atoms with E-state index < -0.39 is 5.60 Å². The number of amides is 2. The largest absolute Gasteiger partial charge is 0.368 e. The lowest BCUT2D eigenvalue weighted by Crippen LogP contribution is -2.51. The molecule has 1 aromatic carbocycles. The fourth-order valence-corrected chi connectivity index (χ4v) is 3.93. The van der Waals surface area contributed by atoms with Gasteiger partial charge in [-0.1, -0.05) is 12.8 Å². The number of carbonyl (C=O) groups excluding carboxylic acids is 2. The third-order valence-corrected chi connectivity index (χ3v) is 5.71. The van der Waals surface area contributed by atoms with Gasteiger partial charge in [0.05, 0.1) is 6.54 Å². The Balaban J connectivity index is 1.51. The normalized spacial score (nSPS) is 20.2. The molecule has 3 N–H and O–H groups in total. The van der Waals surface area contributed by atoms with Gasteiger partial charge < -0.3 is 20.7 Å². The van der Waals surface area contributed by atoms with Crippen molar-refractivity contribution in [1.82, 2.24) is 10.2 Å². The van der Waals surface area contributed by atoms with E-state index in [2.05, 4.69) is 20.9 Å². The van der Waals surface area contributed by atoms with Crippen molar-refractivity contribution in [1.29, 1.82) is 0 Å². The molecule has 2 amide bonds. The Bertz CT molecular complexity index is 648. The third-order valence-electron chi connectivity index (χ3n) is 5.71. The van der Waals surface area contributed by atoms with Gasteiger partial charge in [0.1, 0.15) is 5.60 Å². The molecule has 2 fully saturated rings. The van der Waals surface area contributed by atoms with Crippen molar-refractivity contribution in [3.8, 4) is 0 Å². The highest BCUT2D eigenvalue weighted by molar-refractivity contribution is 5.98. The minimum absolute atomic E-state index is 0.00623. The molecular formula is C21H32N4O3. The van der Waals surface area contributed by atoms with E-state index in [1.165, 1.54) is 25.7 Å². The lowest BCUT2D eigenvalue weighted by Gasteiger charge is -2.34. The highest BCUT2D eigenvalue weighted by atomic mass is 16.5. The summed E-state index contributed by atoms with van der Waals surface area (Å²) in [6.45, 7) is 3.96. The highest BCUT2D eigenvalue weighted by Gasteiger charge is 2.39. The maximum Gasteiger partial charge on any atom is 0.256 e. The molecule has 0 radical (unpaired) electrons. The van der Waals surface area contributed by atoms with Crippen LogP contribution in [0.3, 0.4) is 0 Å². The van der Waals surface area contributed by atoms with Crippen molar-refractivity contribution in [3.63, 3.8) is 0 Å². The number of rotatable bonds is 6. The first kappa shape index (κ1) is 20.8. The molecule has 7 heteroatoms. The van der Waals surface area contributed by atoms with Crippen molar-refractivity contribution >= 4 is 23.2 Å². The van der Waals surface area contributed by atoms with E-state index in [1.807, 2.05) is 24.3 Å². The van der Waals surface area contributed by atoms with Crippen molar-refractivity contribution < 1.29 is 14.3 Å². The zero-order valence-corrected chi connectivity index (χ0v) is 16.8. The fraction of sp³-hybridized carbons (Fsp3) is 0.619. The molecule has 0 aromatic heterocycles. The van der Waals surface area contributed by atoms with Gasteiger partial charge in [0.25, 0.3) is 5.91 Å². The second-order valence-electron chi connectivity index (χ2n) is 7.72. The van der Waals surface area contributed by atoms with E-state index in [1.54, 1.807) is 7.11 Å². The van der Waals surface area contributed by atoms with E-state index in [-0.39, 0.29) is 11.8 Å². The lowest BCUT2D eigenvalue weighted by molar-refractivity contribution is -0.140. The number of anilines is 2. The quantitative estimate of drug-likeness (QED) is 0.696. The topological polar surface area (TPSA) is 82.7 Å². The minimum atomic E-state index is -0.773. The van der Waals surface area contributed by atoms with Crippen LogP contribution in [0, 0.1) is 0 Å². The number of methoxy groups -OCH3 is 1. The van der Waals surface area contributed by atoms with Crippen LogP contribution in [-0.2, 0) is 14.3 Å². The van der Waals surface area contributed by atoms with Crippen LogP contribution in [0.25, 0.3) is 0 Å². The second kappa shape index (κ2) is 10.0. The third kappa shape index (κ3) is 5.53. The first-order valence-corrected chi connectivity index (χ1v) is 10.3. The number of ether oxygens (including phenoxy) is 1. The number of benzene rings is 1. The van der Waals surface area contributed by atoms with E-state index in [4.69, 9.17) is 4.74 Å². The molecular weight excluding hydrogens is 356 g/mol. The Kier molecular flexibility index (Phi) is 7.42. The highest BCUT2D eigenvalue weighted by Crippen LogP contribution is 2.25. The minimum Gasteiger partial charge on any atom is -0.368 e. The molecule has 2 aliphatic rings. The van der Waals surface area contributed by atoms with Crippen LogP contribution in [0.5, 0.6) is 0 Å². The number of hydrogen-bond acceptors (Lipinski definition) is 5. The van der Waals surface area contributed by atoms with Gasteiger partial charge in [-0.2, -0.15) is 0 Å². The molecule has 154 valence electrons. The molecule has 28 heavy (non-hydrogen) atoms. The smallest absolute Gasteiger partial charge is 0.256 e. The average Bonchev–Trinajstić information content (AvgIpc) is 2.98. The van der Waals surface area contributed by atoms with Crippen molar-refractivity contribution in [3.05, 3.63) is 24.3 Å². The SMILES string of the molecule is COC1(C(=O)Nc2ccc(NC(=O)CN3CCCCCC3)cc2)CCNCC1. The van der Waals surface area contributed by atoms with Gasteiger partial charge in [-0.25, -0.2) is 0 Å². The van der Waals surface area contributed by atoms with Gasteiger partial charge in [-0.05, 0) is 76.1 Å². The van der Waals surface area contributed by atoms with Gasteiger partial charge in [-0.15, -0.1) is 0 Å². The Hall–Kier alpha value is -1.96. The summed E-state index contributed by atoms with van der Waals surface area (Å²) >= 11 is 0. The number of piperidine rings is 1. The van der Waals surface area contributed by atoms with Crippen molar-refractivity contribution in [2.24, 2.45) is 0 Å². The molecule has 0 saturated carbocycles. The first-order chi connectivity index (χ1) is 13.6. The van der Waals surface area contributed by atoms with Crippen LogP contribution in [0.1, 0.15) is 38.5 Å². The van der Waals surface area contributed by atoms with Crippen LogP contribution in [0.15, 0.2) is 24.3 Å². The molecule has 2 saturated heterocycles. The summed E-state index contributed by atoms with van der Waals surface area (Å²) in [6.07, 6.45) is 6.15. The van der Waals surface area contributed by atoms with Crippen LogP contribution in [0.4, 0.5) is 11.4 Å². The monoisotopic (exact) mass is 388 g/mol. The maximum atomic E-state index is 12.7.